The SMILES string of the molecule is C[C@H](O)[C@H](Oc1ccc2c(cnn2-c2ccc(F)cc2)c1)c1ccccc1. The maximum Gasteiger partial charge on any atom is 0.149 e. The van der Waals surface area contributed by atoms with E-state index in [9.17, 15) is 9.50 Å². The van der Waals surface area contributed by atoms with Crippen LogP contribution < -0.4 is 4.74 Å². The summed E-state index contributed by atoms with van der Waals surface area (Å²) >= 11 is 0. The Bertz CT molecular complexity index is 1040. The van der Waals surface area contributed by atoms with Gasteiger partial charge in [0.25, 0.3) is 0 Å². The molecule has 0 spiro atoms. The van der Waals surface area contributed by atoms with Gasteiger partial charge in [0.05, 0.1) is 23.5 Å². The molecular formula is C22H19FN2O2. The van der Waals surface area contributed by atoms with Crippen LogP contribution in [0.3, 0.4) is 0 Å². The van der Waals surface area contributed by atoms with Gasteiger partial charge in [-0.2, -0.15) is 5.10 Å². The number of rotatable bonds is 5. The van der Waals surface area contributed by atoms with Gasteiger partial charge in [-0.05, 0) is 55.0 Å². The van der Waals surface area contributed by atoms with Crippen molar-refractivity contribution in [2.24, 2.45) is 0 Å². The largest absolute Gasteiger partial charge is 0.483 e. The highest BCUT2D eigenvalue weighted by atomic mass is 19.1. The van der Waals surface area contributed by atoms with Crippen molar-refractivity contribution in [1.29, 1.82) is 0 Å². The van der Waals surface area contributed by atoms with Gasteiger partial charge in [0.1, 0.15) is 17.7 Å². The van der Waals surface area contributed by atoms with Crippen molar-refractivity contribution in [2.45, 2.75) is 19.1 Å². The maximum atomic E-state index is 13.2. The first-order valence-corrected chi connectivity index (χ1v) is 8.75. The first-order chi connectivity index (χ1) is 13.1. The molecule has 0 aliphatic heterocycles. The second-order valence-corrected chi connectivity index (χ2v) is 6.44. The van der Waals surface area contributed by atoms with Gasteiger partial charge < -0.3 is 9.84 Å². The Hall–Kier alpha value is -3.18. The molecule has 27 heavy (non-hydrogen) atoms. The lowest BCUT2D eigenvalue weighted by atomic mass is 10.1. The summed E-state index contributed by atoms with van der Waals surface area (Å²) in [5.41, 5.74) is 2.59. The zero-order valence-electron chi connectivity index (χ0n) is 14.8. The number of ether oxygens (including phenoxy) is 1. The summed E-state index contributed by atoms with van der Waals surface area (Å²) in [6.45, 7) is 1.71. The minimum Gasteiger partial charge on any atom is -0.483 e. The fourth-order valence-electron chi connectivity index (χ4n) is 3.11. The van der Waals surface area contributed by atoms with Crippen LogP contribution in [0.5, 0.6) is 5.75 Å². The summed E-state index contributed by atoms with van der Waals surface area (Å²) in [6.07, 6.45) is 0.617. The summed E-state index contributed by atoms with van der Waals surface area (Å²) in [7, 11) is 0. The zero-order valence-corrected chi connectivity index (χ0v) is 14.8. The van der Waals surface area contributed by atoms with Crippen LogP contribution in [0.1, 0.15) is 18.6 Å². The van der Waals surface area contributed by atoms with E-state index in [1.165, 1.54) is 12.1 Å². The summed E-state index contributed by atoms with van der Waals surface area (Å²) < 4.78 is 21.0. The van der Waals surface area contributed by atoms with Gasteiger partial charge in [-0.1, -0.05) is 30.3 Å². The Kier molecular flexibility index (Phi) is 4.60. The van der Waals surface area contributed by atoms with Crippen molar-refractivity contribution < 1.29 is 14.2 Å². The van der Waals surface area contributed by atoms with E-state index in [1.54, 1.807) is 29.9 Å². The molecule has 2 atom stereocenters. The predicted molar refractivity (Wildman–Crippen MR) is 103 cm³/mol. The van der Waals surface area contributed by atoms with E-state index in [1.807, 2.05) is 48.5 Å². The fourth-order valence-corrected chi connectivity index (χ4v) is 3.11. The second-order valence-electron chi connectivity index (χ2n) is 6.44. The Morgan fingerprint density at radius 2 is 1.74 bits per heavy atom. The van der Waals surface area contributed by atoms with Crippen LogP contribution >= 0.6 is 0 Å². The van der Waals surface area contributed by atoms with Crippen LogP contribution in [-0.2, 0) is 0 Å². The molecule has 136 valence electrons. The topological polar surface area (TPSA) is 47.3 Å². The molecule has 0 aliphatic rings. The Morgan fingerprint density at radius 1 is 1.00 bits per heavy atom. The molecular weight excluding hydrogens is 343 g/mol. The van der Waals surface area contributed by atoms with Crippen molar-refractivity contribution in [3.8, 4) is 11.4 Å². The van der Waals surface area contributed by atoms with E-state index >= 15 is 0 Å². The van der Waals surface area contributed by atoms with Crippen LogP contribution in [0.4, 0.5) is 4.39 Å². The highest BCUT2D eigenvalue weighted by molar-refractivity contribution is 5.81. The highest BCUT2D eigenvalue weighted by Crippen LogP contribution is 2.28. The van der Waals surface area contributed by atoms with Crippen LogP contribution in [0.25, 0.3) is 16.6 Å². The molecule has 3 aromatic carbocycles. The molecule has 1 aromatic heterocycles. The van der Waals surface area contributed by atoms with Crippen molar-refractivity contribution in [3.63, 3.8) is 0 Å². The van der Waals surface area contributed by atoms with Gasteiger partial charge in [-0.3, -0.25) is 0 Å². The Morgan fingerprint density at radius 3 is 2.44 bits per heavy atom. The third-order valence-corrected chi connectivity index (χ3v) is 4.44. The maximum absolute atomic E-state index is 13.2. The number of hydrogen-bond donors (Lipinski definition) is 1. The Balaban J connectivity index is 1.65. The third-order valence-electron chi connectivity index (χ3n) is 4.44. The molecule has 0 bridgehead atoms. The minimum absolute atomic E-state index is 0.282. The van der Waals surface area contributed by atoms with Gasteiger partial charge in [-0.15, -0.1) is 0 Å². The number of nitrogens with zero attached hydrogens (tertiary/aromatic N) is 2. The highest BCUT2D eigenvalue weighted by Gasteiger charge is 2.19. The van der Waals surface area contributed by atoms with Gasteiger partial charge >= 0.3 is 0 Å². The van der Waals surface area contributed by atoms with Crippen LogP contribution in [0, 0.1) is 5.82 Å². The number of aromatic nitrogens is 2. The molecule has 0 unspecified atom stereocenters. The Labute approximate surface area is 156 Å². The van der Waals surface area contributed by atoms with Crippen molar-refractivity contribution in [3.05, 3.63) is 90.4 Å². The minimum atomic E-state index is -0.662. The van der Waals surface area contributed by atoms with E-state index < -0.39 is 12.2 Å². The molecule has 1 heterocycles. The molecule has 0 saturated heterocycles. The average molecular weight is 362 g/mol. The van der Waals surface area contributed by atoms with Gasteiger partial charge in [0.2, 0.25) is 0 Å². The van der Waals surface area contributed by atoms with E-state index in [4.69, 9.17) is 4.74 Å². The summed E-state index contributed by atoms with van der Waals surface area (Å²) in [5.74, 6) is 0.367. The van der Waals surface area contributed by atoms with E-state index in [-0.39, 0.29) is 5.82 Å². The number of fused-ring (bicyclic) bond motifs is 1. The molecule has 4 nitrogen and oxygen atoms in total. The normalized spacial score (nSPS) is 13.4. The number of hydrogen-bond acceptors (Lipinski definition) is 3. The molecule has 5 heteroatoms. The lowest BCUT2D eigenvalue weighted by Crippen LogP contribution is -2.20. The van der Waals surface area contributed by atoms with Crippen molar-refractivity contribution in [2.75, 3.05) is 0 Å². The van der Waals surface area contributed by atoms with Gasteiger partial charge in [0.15, 0.2) is 0 Å². The molecule has 0 amide bonds. The molecule has 4 rings (SSSR count). The van der Waals surface area contributed by atoms with E-state index in [0.29, 0.717) is 5.75 Å². The molecule has 0 aliphatic carbocycles. The molecule has 0 fully saturated rings. The van der Waals surface area contributed by atoms with Crippen LogP contribution in [-0.4, -0.2) is 21.0 Å². The molecule has 4 aromatic rings. The van der Waals surface area contributed by atoms with Crippen molar-refractivity contribution >= 4 is 10.9 Å². The van der Waals surface area contributed by atoms with Gasteiger partial charge in [0, 0.05) is 5.39 Å². The number of aliphatic hydroxyl groups is 1. The second kappa shape index (κ2) is 7.21. The summed E-state index contributed by atoms with van der Waals surface area (Å²) in [6, 6.07) is 21.5. The smallest absolute Gasteiger partial charge is 0.149 e. The van der Waals surface area contributed by atoms with E-state index in [0.717, 1.165) is 22.2 Å². The quantitative estimate of drug-likeness (QED) is 0.561. The average Bonchev–Trinajstić information content (AvgIpc) is 3.10. The van der Waals surface area contributed by atoms with Crippen molar-refractivity contribution in [1.82, 2.24) is 9.78 Å². The number of halogens is 1. The number of aliphatic hydroxyl groups excluding tert-OH is 1. The van der Waals surface area contributed by atoms with Gasteiger partial charge in [-0.25, -0.2) is 9.07 Å². The lowest BCUT2D eigenvalue weighted by Gasteiger charge is -2.22. The zero-order chi connectivity index (χ0) is 18.8. The van der Waals surface area contributed by atoms with E-state index in [2.05, 4.69) is 5.10 Å². The summed E-state index contributed by atoms with van der Waals surface area (Å²) in [4.78, 5) is 0. The first-order valence-electron chi connectivity index (χ1n) is 8.75. The first kappa shape index (κ1) is 17.2. The molecule has 1 N–H and O–H groups in total. The summed E-state index contributed by atoms with van der Waals surface area (Å²) in [5, 5.41) is 15.4. The molecule has 0 radical (unpaired) electrons. The third kappa shape index (κ3) is 3.55. The fraction of sp³-hybridized carbons (Fsp3) is 0.136. The van der Waals surface area contributed by atoms with Crippen LogP contribution in [0.2, 0.25) is 0 Å². The number of benzene rings is 3. The monoisotopic (exact) mass is 362 g/mol. The molecule has 0 saturated carbocycles. The van der Waals surface area contributed by atoms with Crippen LogP contribution in [0.15, 0.2) is 79.0 Å². The lowest BCUT2D eigenvalue weighted by molar-refractivity contribution is 0.0481. The standard InChI is InChI=1S/C22H19FN2O2/c1-15(26)22(16-5-3-2-4-6-16)27-20-11-12-21-17(13-20)14-24-25(21)19-9-7-18(23)8-10-19/h2-15,22,26H,1H3/t15-,22-/m0/s1. The predicted octanol–water partition coefficient (Wildman–Crippen LogP) is 4.67.